The first-order chi connectivity index (χ1) is 14.3. The quantitative estimate of drug-likeness (QED) is 0.685. The molecule has 0 saturated carbocycles. The van der Waals surface area contributed by atoms with Crippen LogP contribution in [0.5, 0.6) is 0 Å². The van der Waals surface area contributed by atoms with E-state index in [2.05, 4.69) is 5.32 Å². The van der Waals surface area contributed by atoms with Crippen LogP contribution in [0.1, 0.15) is 27.0 Å². The third-order valence-electron chi connectivity index (χ3n) is 5.27. The maximum Gasteiger partial charge on any atom is 0.255 e. The normalized spacial score (nSPS) is 14.2. The topological polar surface area (TPSA) is 66.5 Å². The molecule has 1 aliphatic rings. The van der Waals surface area contributed by atoms with Gasteiger partial charge >= 0.3 is 0 Å². The number of fused-ring (bicyclic) bond motifs is 1. The van der Waals surface area contributed by atoms with E-state index in [-0.39, 0.29) is 16.3 Å². The summed E-state index contributed by atoms with van der Waals surface area (Å²) in [4.78, 5) is 12.7. The zero-order valence-corrected chi connectivity index (χ0v) is 17.2. The van der Waals surface area contributed by atoms with Gasteiger partial charge in [-0.3, -0.25) is 4.79 Å². The molecule has 0 saturated heterocycles. The molecule has 5 nitrogen and oxygen atoms in total. The average molecular weight is 424 g/mol. The zero-order valence-electron chi connectivity index (χ0n) is 16.4. The number of aryl methyl sites for hydroxylation is 1. The highest BCUT2D eigenvalue weighted by Gasteiger charge is 2.28. The Morgan fingerprint density at radius 2 is 1.77 bits per heavy atom. The fourth-order valence-corrected chi connectivity index (χ4v) is 5.05. The van der Waals surface area contributed by atoms with Gasteiger partial charge in [-0.2, -0.15) is 4.31 Å². The van der Waals surface area contributed by atoms with E-state index >= 15 is 0 Å². The summed E-state index contributed by atoms with van der Waals surface area (Å²) in [6.07, 6.45) is 0.652. The van der Waals surface area contributed by atoms with Crippen molar-refractivity contribution in [3.05, 3.63) is 94.8 Å². The molecule has 0 unspecified atom stereocenters. The molecule has 3 aromatic carbocycles. The van der Waals surface area contributed by atoms with Crippen molar-refractivity contribution in [2.24, 2.45) is 0 Å². The summed E-state index contributed by atoms with van der Waals surface area (Å²) < 4.78 is 41.1. The number of amides is 1. The van der Waals surface area contributed by atoms with Crippen LogP contribution < -0.4 is 5.32 Å². The fourth-order valence-electron chi connectivity index (χ4n) is 3.58. The highest BCUT2D eigenvalue weighted by Crippen LogP contribution is 2.25. The monoisotopic (exact) mass is 424 g/mol. The summed E-state index contributed by atoms with van der Waals surface area (Å²) in [5.41, 5.74) is 3.43. The van der Waals surface area contributed by atoms with Gasteiger partial charge in [-0.15, -0.1) is 0 Å². The summed E-state index contributed by atoms with van der Waals surface area (Å²) >= 11 is 0. The number of nitrogens with one attached hydrogen (secondary N) is 1. The number of hydrogen-bond acceptors (Lipinski definition) is 3. The smallest absolute Gasteiger partial charge is 0.255 e. The van der Waals surface area contributed by atoms with Crippen LogP contribution in [0.25, 0.3) is 0 Å². The number of benzene rings is 3. The molecular formula is C23H21FN2O3S. The summed E-state index contributed by atoms with van der Waals surface area (Å²) in [7, 11) is -3.74. The molecule has 154 valence electrons. The van der Waals surface area contributed by atoms with E-state index in [4.69, 9.17) is 0 Å². The van der Waals surface area contributed by atoms with E-state index in [0.29, 0.717) is 30.8 Å². The number of sulfonamides is 1. The number of halogens is 1. The van der Waals surface area contributed by atoms with E-state index in [9.17, 15) is 17.6 Å². The first-order valence-corrected chi connectivity index (χ1v) is 11.0. The van der Waals surface area contributed by atoms with E-state index in [0.717, 1.165) is 11.1 Å². The molecule has 0 spiro atoms. The second-order valence-electron chi connectivity index (χ2n) is 7.30. The van der Waals surface area contributed by atoms with Crippen molar-refractivity contribution in [1.29, 1.82) is 0 Å². The van der Waals surface area contributed by atoms with Gasteiger partial charge in [0.25, 0.3) is 5.91 Å². The molecule has 7 heteroatoms. The summed E-state index contributed by atoms with van der Waals surface area (Å²) in [5, 5.41) is 2.71. The molecule has 0 atom stereocenters. The van der Waals surface area contributed by atoms with Crippen LogP contribution in [0.4, 0.5) is 10.1 Å². The molecular weight excluding hydrogens is 403 g/mol. The van der Waals surface area contributed by atoms with E-state index in [1.54, 1.807) is 19.1 Å². The lowest BCUT2D eigenvalue weighted by molar-refractivity contribution is 0.102. The molecule has 0 radical (unpaired) electrons. The average Bonchev–Trinajstić information content (AvgIpc) is 2.75. The molecule has 1 aliphatic heterocycles. The van der Waals surface area contributed by atoms with Crippen molar-refractivity contribution < 1.29 is 17.6 Å². The van der Waals surface area contributed by atoms with Gasteiger partial charge in [0.2, 0.25) is 10.0 Å². The lowest BCUT2D eigenvalue weighted by Gasteiger charge is -2.28. The van der Waals surface area contributed by atoms with Crippen molar-refractivity contribution >= 4 is 21.6 Å². The molecule has 4 rings (SSSR count). The van der Waals surface area contributed by atoms with Crippen LogP contribution in [0.15, 0.2) is 71.6 Å². The minimum atomic E-state index is -3.74. The molecule has 0 aromatic heterocycles. The minimum Gasteiger partial charge on any atom is -0.322 e. The number of carbonyl (C=O) groups is 1. The van der Waals surface area contributed by atoms with Gasteiger partial charge < -0.3 is 5.32 Å². The Morgan fingerprint density at radius 1 is 1.00 bits per heavy atom. The van der Waals surface area contributed by atoms with Crippen molar-refractivity contribution in [1.82, 2.24) is 4.31 Å². The second-order valence-corrected chi connectivity index (χ2v) is 9.24. The SMILES string of the molecule is Cc1cc(F)ccc1NC(=O)c1cccc(S(=O)(=O)N2CCc3ccccc3C2)c1. The van der Waals surface area contributed by atoms with E-state index < -0.39 is 15.9 Å². The third kappa shape index (κ3) is 3.99. The van der Waals surface area contributed by atoms with Gasteiger partial charge in [0.15, 0.2) is 0 Å². The van der Waals surface area contributed by atoms with Crippen molar-refractivity contribution in [3.8, 4) is 0 Å². The fraction of sp³-hybridized carbons (Fsp3) is 0.174. The highest BCUT2D eigenvalue weighted by molar-refractivity contribution is 7.89. The molecule has 0 fully saturated rings. The first kappa shape index (κ1) is 20.3. The minimum absolute atomic E-state index is 0.0744. The van der Waals surface area contributed by atoms with Gasteiger partial charge in [0.1, 0.15) is 5.82 Å². The Bertz CT molecular complexity index is 1220. The number of rotatable bonds is 4. The van der Waals surface area contributed by atoms with Crippen molar-refractivity contribution in [3.63, 3.8) is 0 Å². The van der Waals surface area contributed by atoms with Gasteiger partial charge in [-0.1, -0.05) is 30.3 Å². The van der Waals surface area contributed by atoms with Crippen LogP contribution in [-0.4, -0.2) is 25.2 Å². The molecule has 1 N–H and O–H groups in total. The maximum absolute atomic E-state index is 13.3. The maximum atomic E-state index is 13.3. The van der Waals surface area contributed by atoms with Crippen molar-refractivity contribution in [2.45, 2.75) is 24.8 Å². The van der Waals surface area contributed by atoms with E-state index in [1.165, 1.54) is 34.6 Å². The summed E-state index contributed by atoms with van der Waals surface area (Å²) in [6.45, 7) is 2.39. The molecule has 3 aromatic rings. The van der Waals surface area contributed by atoms with Gasteiger partial charge in [0, 0.05) is 24.3 Å². The highest BCUT2D eigenvalue weighted by atomic mass is 32.2. The molecule has 0 aliphatic carbocycles. The van der Waals surface area contributed by atoms with Crippen LogP contribution in [-0.2, 0) is 23.0 Å². The zero-order chi connectivity index (χ0) is 21.3. The largest absolute Gasteiger partial charge is 0.322 e. The second kappa shape index (κ2) is 8.01. The van der Waals surface area contributed by atoms with Crippen LogP contribution in [0, 0.1) is 12.7 Å². The Morgan fingerprint density at radius 3 is 2.53 bits per heavy atom. The Labute approximate surface area is 175 Å². The number of anilines is 1. The lowest BCUT2D eigenvalue weighted by Crippen LogP contribution is -2.36. The molecule has 30 heavy (non-hydrogen) atoms. The van der Waals surface area contributed by atoms with Crippen LogP contribution in [0.3, 0.4) is 0 Å². The predicted molar refractivity (Wildman–Crippen MR) is 113 cm³/mol. The first-order valence-electron chi connectivity index (χ1n) is 9.59. The van der Waals surface area contributed by atoms with Crippen molar-refractivity contribution in [2.75, 3.05) is 11.9 Å². The Hall–Kier alpha value is -3.03. The molecule has 1 heterocycles. The van der Waals surface area contributed by atoms with E-state index in [1.807, 2.05) is 24.3 Å². The summed E-state index contributed by atoms with van der Waals surface area (Å²) in [6, 6.07) is 17.9. The van der Waals surface area contributed by atoms with Crippen LogP contribution in [0.2, 0.25) is 0 Å². The van der Waals surface area contributed by atoms with Gasteiger partial charge in [-0.05, 0) is 66.4 Å². The predicted octanol–water partition coefficient (Wildman–Crippen LogP) is 4.13. The van der Waals surface area contributed by atoms with Gasteiger partial charge in [0.05, 0.1) is 4.90 Å². The molecule has 1 amide bonds. The Kier molecular flexibility index (Phi) is 5.40. The lowest BCUT2D eigenvalue weighted by atomic mass is 10.0. The third-order valence-corrected chi connectivity index (χ3v) is 7.11. The van der Waals surface area contributed by atoms with Gasteiger partial charge in [-0.25, -0.2) is 12.8 Å². The standard InChI is InChI=1S/C23H21FN2O3S/c1-16-13-20(24)9-10-22(16)25-23(27)18-7-4-8-21(14-18)30(28,29)26-12-11-17-5-2-3-6-19(17)15-26/h2-10,13-14H,11-12,15H2,1H3,(H,25,27). The number of hydrogen-bond donors (Lipinski definition) is 1. The van der Waals surface area contributed by atoms with Crippen LogP contribution >= 0.6 is 0 Å². The Balaban J connectivity index is 1.57. The summed E-state index contributed by atoms with van der Waals surface area (Å²) in [5.74, 6) is -0.840. The number of carbonyl (C=O) groups excluding carboxylic acids is 1. The molecule has 0 bridgehead atoms. The number of nitrogens with zero attached hydrogens (tertiary/aromatic N) is 1.